The summed E-state index contributed by atoms with van der Waals surface area (Å²) in [7, 11) is 0. The van der Waals surface area contributed by atoms with E-state index in [0.29, 0.717) is 5.92 Å². The lowest BCUT2D eigenvalue weighted by atomic mass is 10.2. The van der Waals surface area contributed by atoms with Gasteiger partial charge in [0.25, 0.3) is 0 Å². The number of hydrogen-bond acceptors (Lipinski definition) is 2. The predicted molar refractivity (Wildman–Crippen MR) is 73.6 cm³/mol. The van der Waals surface area contributed by atoms with E-state index >= 15 is 0 Å². The second kappa shape index (κ2) is 7.33. The molecule has 0 bridgehead atoms. The fourth-order valence-corrected chi connectivity index (χ4v) is 1.66. The van der Waals surface area contributed by atoms with Crippen LogP contribution in [0.1, 0.15) is 32.8 Å². The zero-order valence-corrected chi connectivity index (χ0v) is 11.5. The van der Waals surface area contributed by atoms with Gasteiger partial charge >= 0.3 is 0 Å². The number of benzene rings is 1. The summed E-state index contributed by atoms with van der Waals surface area (Å²) >= 11 is 0. The molecule has 0 aliphatic carbocycles. The third-order valence-corrected chi connectivity index (χ3v) is 2.70. The highest BCUT2D eigenvalue weighted by atomic mass is 16.5. The molecule has 17 heavy (non-hydrogen) atoms. The Bertz CT molecular complexity index is 322. The smallest absolute Gasteiger partial charge is 0.122 e. The molecule has 0 saturated heterocycles. The highest BCUT2D eigenvalue weighted by Crippen LogP contribution is 2.18. The van der Waals surface area contributed by atoms with Crippen molar-refractivity contribution in [3.8, 4) is 5.75 Å². The predicted octanol–water partition coefficient (Wildman–Crippen LogP) is 3.40. The maximum atomic E-state index is 5.91. The number of ether oxygens (including phenoxy) is 1. The number of rotatable bonds is 7. The second-order valence-electron chi connectivity index (χ2n) is 5.08. The highest BCUT2D eigenvalue weighted by Gasteiger charge is 2.05. The molecular weight excluding hydrogens is 210 g/mol. The first-order valence-electron chi connectivity index (χ1n) is 6.52. The average molecular weight is 235 g/mol. The number of nitrogens with one attached hydrogen (secondary N) is 1. The number of hydrogen-bond donors (Lipinski definition) is 1. The molecule has 2 heteroatoms. The Morgan fingerprint density at radius 2 is 1.88 bits per heavy atom. The molecule has 1 atom stereocenters. The lowest BCUT2D eigenvalue weighted by Gasteiger charge is -2.17. The van der Waals surface area contributed by atoms with Gasteiger partial charge in [-0.1, -0.05) is 32.0 Å². The van der Waals surface area contributed by atoms with E-state index in [4.69, 9.17) is 4.74 Å². The van der Waals surface area contributed by atoms with Gasteiger partial charge in [-0.3, -0.25) is 0 Å². The van der Waals surface area contributed by atoms with Crippen LogP contribution in [0.2, 0.25) is 0 Å². The first kappa shape index (κ1) is 14.0. The molecule has 0 radical (unpaired) electrons. The normalized spacial score (nSPS) is 12.8. The minimum atomic E-state index is 0.260. The Labute approximate surface area is 105 Å². The van der Waals surface area contributed by atoms with Crippen molar-refractivity contribution >= 4 is 0 Å². The topological polar surface area (TPSA) is 21.3 Å². The van der Waals surface area contributed by atoms with Gasteiger partial charge in [0.2, 0.25) is 0 Å². The summed E-state index contributed by atoms with van der Waals surface area (Å²) in [6.45, 7) is 10.8. The molecule has 1 rings (SSSR count). The van der Waals surface area contributed by atoms with Crippen LogP contribution >= 0.6 is 0 Å². The molecule has 96 valence electrons. The molecule has 1 aromatic carbocycles. The van der Waals surface area contributed by atoms with E-state index in [0.717, 1.165) is 25.3 Å². The zero-order valence-electron chi connectivity index (χ0n) is 11.5. The summed E-state index contributed by atoms with van der Waals surface area (Å²) in [4.78, 5) is 0. The van der Waals surface area contributed by atoms with Gasteiger partial charge in [-0.2, -0.15) is 0 Å². The molecule has 2 nitrogen and oxygen atoms in total. The summed E-state index contributed by atoms with van der Waals surface area (Å²) in [5, 5.41) is 3.44. The van der Waals surface area contributed by atoms with Gasteiger partial charge in [0.05, 0.1) is 6.10 Å². The molecular formula is C15H25NO. The van der Waals surface area contributed by atoms with Gasteiger partial charge in [-0.25, -0.2) is 0 Å². The van der Waals surface area contributed by atoms with Crippen LogP contribution in [-0.4, -0.2) is 19.2 Å². The van der Waals surface area contributed by atoms with Crippen LogP contribution in [0.25, 0.3) is 0 Å². The van der Waals surface area contributed by atoms with Crippen LogP contribution in [-0.2, 0) is 0 Å². The van der Waals surface area contributed by atoms with Crippen LogP contribution in [0.4, 0.5) is 0 Å². The molecule has 1 N–H and O–H groups in total. The van der Waals surface area contributed by atoms with Crippen LogP contribution in [0.5, 0.6) is 5.75 Å². The third kappa shape index (κ3) is 5.73. The first-order chi connectivity index (χ1) is 8.09. The standard InChI is InChI=1S/C15H25NO/c1-12(2)11-16-10-9-14(4)17-15-8-6-5-7-13(15)3/h5-8,12,14,16H,9-11H2,1-4H3. The molecule has 0 saturated carbocycles. The molecule has 0 amide bonds. The summed E-state index contributed by atoms with van der Waals surface area (Å²) in [6.07, 6.45) is 1.30. The zero-order chi connectivity index (χ0) is 12.7. The molecule has 0 aromatic heterocycles. The molecule has 1 unspecified atom stereocenters. The summed E-state index contributed by atoms with van der Waals surface area (Å²) in [5.74, 6) is 1.71. The summed E-state index contributed by atoms with van der Waals surface area (Å²) in [6, 6.07) is 8.18. The van der Waals surface area contributed by atoms with E-state index in [1.807, 2.05) is 18.2 Å². The molecule has 1 aromatic rings. The Morgan fingerprint density at radius 1 is 1.18 bits per heavy atom. The van der Waals surface area contributed by atoms with E-state index in [1.54, 1.807) is 0 Å². The van der Waals surface area contributed by atoms with E-state index in [-0.39, 0.29) is 6.10 Å². The van der Waals surface area contributed by atoms with Gasteiger partial charge in [-0.05, 0) is 50.9 Å². The van der Waals surface area contributed by atoms with Gasteiger partial charge in [0.1, 0.15) is 5.75 Å². The van der Waals surface area contributed by atoms with E-state index < -0.39 is 0 Å². The van der Waals surface area contributed by atoms with Crippen molar-refractivity contribution in [2.75, 3.05) is 13.1 Å². The van der Waals surface area contributed by atoms with Gasteiger partial charge in [0, 0.05) is 0 Å². The lowest BCUT2D eigenvalue weighted by molar-refractivity contribution is 0.208. The first-order valence-corrected chi connectivity index (χ1v) is 6.52. The number of para-hydroxylation sites is 1. The van der Waals surface area contributed by atoms with Crippen LogP contribution in [0.3, 0.4) is 0 Å². The molecule has 0 heterocycles. The molecule has 0 aliphatic heterocycles. The van der Waals surface area contributed by atoms with Crippen LogP contribution < -0.4 is 10.1 Å². The van der Waals surface area contributed by atoms with Crippen LogP contribution in [0.15, 0.2) is 24.3 Å². The average Bonchev–Trinajstić information content (AvgIpc) is 2.27. The highest BCUT2D eigenvalue weighted by molar-refractivity contribution is 5.31. The second-order valence-corrected chi connectivity index (χ2v) is 5.08. The lowest BCUT2D eigenvalue weighted by Crippen LogP contribution is -2.25. The molecule has 0 fully saturated rings. The van der Waals surface area contributed by atoms with Gasteiger partial charge < -0.3 is 10.1 Å². The monoisotopic (exact) mass is 235 g/mol. The maximum absolute atomic E-state index is 5.91. The maximum Gasteiger partial charge on any atom is 0.122 e. The molecule has 0 aliphatic rings. The Balaban J connectivity index is 2.25. The van der Waals surface area contributed by atoms with Crippen molar-refractivity contribution in [1.29, 1.82) is 0 Å². The van der Waals surface area contributed by atoms with Crippen molar-refractivity contribution in [1.82, 2.24) is 5.32 Å². The van der Waals surface area contributed by atoms with Crippen molar-refractivity contribution in [3.05, 3.63) is 29.8 Å². The Kier molecular flexibility index (Phi) is 6.06. The minimum Gasteiger partial charge on any atom is -0.490 e. The van der Waals surface area contributed by atoms with Crippen LogP contribution in [0, 0.1) is 12.8 Å². The Morgan fingerprint density at radius 3 is 2.53 bits per heavy atom. The van der Waals surface area contributed by atoms with Gasteiger partial charge in [-0.15, -0.1) is 0 Å². The van der Waals surface area contributed by atoms with Crippen molar-refractivity contribution in [2.24, 2.45) is 5.92 Å². The van der Waals surface area contributed by atoms with Crippen molar-refractivity contribution in [2.45, 2.75) is 40.2 Å². The SMILES string of the molecule is Cc1ccccc1OC(C)CCNCC(C)C. The molecule has 0 spiro atoms. The van der Waals surface area contributed by atoms with Crippen molar-refractivity contribution < 1.29 is 4.74 Å². The van der Waals surface area contributed by atoms with Crippen molar-refractivity contribution in [3.63, 3.8) is 0 Å². The largest absolute Gasteiger partial charge is 0.490 e. The van der Waals surface area contributed by atoms with Gasteiger partial charge in [0.15, 0.2) is 0 Å². The minimum absolute atomic E-state index is 0.260. The fourth-order valence-electron chi connectivity index (χ4n) is 1.66. The van der Waals surface area contributed by atoms with E-state index in [2.05, 4.69) is 39.1 Å². The fraction of sp³-hybridized carbons (Fsp3) is 0.600. The quantitative estimate of drug-likeness (QED) is 0.731. The van der Waals surface area contributed by atoms with E-state index in [1.165, 1.54) is 5.56 Å². The Hall–Kier alpha value is -1.02. The summed E-state index contributed by atoms with van der Waals surface area (Å²) < 4.78 is 5.91. The number of aryl methyl sites for hydroxylation is 1. The summed E-state index contributed by atoms with van der Waals surface area (Å²) in [5.41, 5.74) is 1.20. The van der Waals surface area contributed by atoms with E-state index in [9.17, 15) is 0 Å². The third-order valence-electron chi connectivity index (χ3n) is 2.70.